The molecule has 4 rings (SSSR count). The van der Waals surface area contributed by atoms with Crippen molar-refractivity contribution in [3.05, 3.63) is 65.5 Å². The third-order valence-corrected chi connectivity index (χ3v) is 5.01. The minimum absolute atomic E-state index is 0.0753. The number of aromatic amines is 1. The summed E-state index contributed by atoms with van der Waals surface area (Å²) in [5.74, 6) is -0.0784. The zero-order valence-corrected chi connectivity index (χ0v) is 15.4. The topological polar surface area (TPSA) is 70.2 Å². The van der Waals surface area contributed by atoms with Crippen LogP contribution < -0.4 is 5.32 Å². The largest absolute Gasteiger partial charge is 0.379 e. The van der Waals surface area contributed by atoms with Crippen LogP contribution in [0.2, 0.25) is 0 Å². The molecule has 3 aromatic rings. The molecule has 140 valence electrons. The number of fused-ring (bicyclic) bond motifs is 1. The van der Waals surface area contributed by atoms with Crippen molar-refractivity contribution >= 4 is 16.9 Å². The van der Waals surface area contributed by atoms with E-state index in [1.807, 2.05) is 18.2 Å². The number of aromatic nitrogens is 2. The number of carbonyl (C=O) groups is 1. The molecule has 2 aromatic carbocycles. The highest BCUT2D eigenvalue weighted by Gasteiger charge is 2.21. The number of benzene rings is 2. The standard InChI is InChI=1S/C21H24N4O2/c1-15-2-4-16(5-3-15)20(13-25-8-10-27-11-9-25)24-21(26)17-6-7-18-19(12-17)23-14-22-18/h2-7,12,14,20H,8-11,13H2,1H3,(H,22,23)(H,24,26)/t20-/m0/s1. The van der Waals surface area contributed by atoms with Crippen LogP contribution in [-0.2, 0) is 4.74 Å². The van der Waals surface area contributed by atoms with Crippen molar-refractivity contribution in [1.82, 2.24) is 20.2 Å². The summed E-state index contributed by atoms with van der Waals surface area (Å²) in [7, 11) is 0. The molecule has 1 saturated heterocycles. The zero-order valence-electron chi connectivity index (χ0n) is 15.4. The Balaban J connectivity index is 1.54. The first-order valence-corrected chi connectivity index (χ1v) is 9.30. The summed E-state index contributed by atoms with van der Waals surface area (Å²) < 4.78 is 5.45. The van der Waals surface area contributed by atoms with E-state index < -0.39 is 0 Å². The summed E-state index contributed by atoms with van der Waals surface area (Å²) in [4.78, 5) is 22.5. The van der Waals surface area contributed by atoms with Gasteiger partial charge in [0, 0.05) is 25.2 Å². The fraction of sp³-hybridized carbons (Fsp3) is 0.333. The first-order valence-electron chi connectivity index (χ1n) is 9.30. The van der Waals surface area contributed by atoms with E-state index in [-0.39, 0.29) is 11.9 Å². The number of hydrogen-bond acceptors (Lipinski definition) is 4. The highest BCUT2D eigenvalue weighted by molar-refractivity contribution is 5.97. The number of aryl methyl sites for hydroxylation is 1. The van der Waals surface area contributed by atoms with Crippen molar-refractivity contribution in [1.29, 1.82) is 0 Å². The third kappa shape index (κ3) is 4.18. The number of rotatable bonds is 5. The number of nitrogens with zero attached hydrogens (tertiary/aromatic N) is 2. The molecule has 0 unspecified atom stereocenters. The number of nitrogens with one attached hydrogen (secondary N) is 2. The fourth-order valence-electron chi connectivity index (χ4n) is 3.39. The summed E-state index contributed by atoms with van der Waals surface area (Å²) in [5, 5.41) is 3.22. The monoisotopic (exact) mass is 364 g/mol. The van der Waals surface area contributed by atoms with Crippen molar-refractivity contribution in [2.45, 2.75) is 13.0 Å². The van der Waals surface area contributed by atoms with E-state index in [0.29, 0.717) is 5.56 Å². The van der Waals surface area contributed by atoms with Gasteiger partial charge in [0.05, 0.1) is 36.6 Å². The molecule has 27 heavy (non-hydrogen) atoms. The zero-order chi connectivity index (χ0) is 18.6. The van der Waals surface area contributed by atoms with Gasteiger partial charge < -0.3 is 15.0 Å². The first kappa shape index (κ1) is 17.7. The van der Waals surface area contributed by atoms with E-state index >= 15 is 0 Å². The van der Waals surface area contributed by atoms with Crippen LogP contribution in [0, 0.1) is 6.92 Å². The number of ether oxygens (including phenoxy) is 1. The molecule has 2 heterocycles. The van der Waals surface area contributed by atoms with Crippen LogP contribution in [0.15, 0.2) is 48.8 Å². The van der Waals surface area contributed by atoms with Crippen molar-refractivity contribution < 1.29 is 9.53 Å². The second-order valence-corrected chi connectivity index (χ2v) is 6.98. The van der Waals surface area contributed by atoms with Gasteiger partial charge in [-0.2, -0.15) is 0 Å². The maximum atomic E-state index is 12.9. The minimum atomic E-state index is -0.0784. The molecule has 1 fully saturated rings. The van der Waals surface area contributed by atoms with Gasteiger partial charge in [-0.05, 0) is 30.7 Å². The Morgan fingerprint density at radius 1 is 1.22 bits per heavy atom. The fourth-order valence-corrected chi connectivity index (χ4v) is 3.39. The van der Waals surface area contributed by atoms with E-state index in [0.717, 1.165) is 49.4 Å². The maximum Gasteiger partial charge on any atom is 0.251 e. The molecule has 0 bridgehead atoms. The van der Waals surface area contributed by atoms with Gasteiger partial charge in [0.1, 0.15) is 0 Å². The Morgan fingerprint density at radius 2 is 2.00 bits per heavy atom. The lowest BCUT2D eigenvalue weighted by Gasteiger charge is -2.31. The molecule has 2 N–H and O–H groups in total. The van der Waals surface area contributed by atoms with E-state index in [4.69, 9.17) is 4.74 Å². The summed E-state index contributed by atoms with van der Waals surface area (Å²) in [5.41, 5.74) is 4.67. The van der Waals surface area contributed by atoms with Crippen LogP contribution in [0.4, 0.5) is 0 Å². The Morgan fingerprint density at radius 3 is 2.78 bits per heavy atom. The molecule has 0 saturated carbocycles. The highest BCUT2D eigenvalue weighted by Crippen LogP contribution is 2.18. The first-order chi connectivity index (χ1) is 13.2. The number of H-pyrrole nitrogens is 1. The van der Waals surface area contributed by atoms with E-state index in [2.05, 4.69) is 51.4 Å². The SMILES string of the molecule is Cc1ccc([C@H](CN2CCOCC2)NC(=O)c2ccc3nc[nH]c3c2)cc1. The second-order valence-electron chi connectivity index (χ2n) is 6.98. The summed E-state index contributed by atoms with van der Waals surface area (Å²) >= 11 is 0. The number of morpholine rings is 1. The average molecular weight is 364 g/mol. The van der Waals surface area contributed by atoms with Gasteiger partial charge in [-0.25, -0.2) is 4.98 Å². The molecular weight excluding hydrogens is 340 g/mol. The molecule has 0 aliphatic carbocycles. The third-order valence-electron chi connectivity index (χ3n) is 5.01. The predicted octanol–water partition coefficient (Wildman–Crippen LogP) is 2.67. The molecular formula is C21H24N4O2. The highest BCUT2D eigenvalue weighted by atomic mass is 16.5. The molecule has 1 aliphatic rings. The summed E-state index contributed by atoms with van der Waals surface area (Å²) in [6.45, 7) is 6.09. The number of imidazole rings is 1. The van der Waals surface area contributed by atoms with Crippen LogP contribution >= 0.6 is 0 Å². The summed E-state index contributed by atoms with van der Waals surface area (Å²) in [6, 6.07) is 13.8. The average Bonchev–Trinajstić information content (AvgIpc) is 3.16. The van der Waals surface area contributed by atoms with Gasteiger partial charge in [0.2, 0.25) is 0 Å². The van der Waals surface area contributed by atoms with Crippen LogP contribution in [0.3, 0.4) is 0 Å². The molecule has 0 spiro atoms. The molecule has 0 radical (unpaired) electrons. The molecule has 6 nitrogen and oxygen atoms in total. The number of hydrogen-bond donors (Lipinski definition) is 2. The molecule has 1 amide bonds. The van der Waals surface area contributed by atoms with Gasteiger partial charge in [-0.15, -0.1) is 0 Å². The maximum absolute atomic E-state index is 12.9. The van der Waals surface area contributed by atoms with E-state index in [1.54, 1.807) is 6.33 Å². The second kappa shape index (κ2) is 7.90. The molecule has 1 aliphatic heterocycles. The van der Waals surface area contributed by atoms with Crippen LogP contribution in [0.1, 0.15) is 27.5 Å². The Kier molecular flexibility index (Phi) is 5.18. The smallest absolute Gasteiger partial charge is 0.251 e. The van der Waals surface area contributed by atoms with Crippen molar-refractivity contribution in [2.75, 3.05) is 32.8 Å². The molecule has 6 heteroatoms. The Bertz CT molecular complexity index is 913. The van der Waals surface area contributed by atoms with Gasteiger partial charge in [-0.3, -0.25) is 9.69 Å². The van der Waals surface area contributed by atoms with Gasteiger partial charge in [-0.1, -0.05) is 29.8 Å². The van der Waals surface area contributed by atoms with Crippen LogP contribution in [0.5, 0.6) is 0 Å². The summed E-state index contributed by atoms with van der Waals surface area (Å²) in [6.07, 6.45) is 1.64. The van der Waals surface area contributed by atoms with Crippen LogP contribution in [-0.4, -0.2) is 53.6 Å². The Labute approximate surface area is 158 Å². The van der Waals surface area contributed by atoms with Gasteiger partial charge in [0.15, 0.2) is 0 Å². The predicted molar refractivity (Wildman–Crippen MR) is 105 cm³/mol. The number of amides is 1. The molecule has 1 aromatic heterocycles. The van der Waals surface area contributed by atoms with Gasteiger partial charge >= 0.3 is 0 Å². The van der Waals surface area contributed by atoms with Crippen molar-refractivity contribution in [3.8, 4) is 0 Å². The van der Waals surface area contributed by atoms with E-state index in [9.17, 15) is 4.79 Å². The Hall–Kier alpha value is -2.70. The molecule has 1 atom stereocenters. The lowest BCUT2D eigenvalue weighted by Crippen LogP contribution is -2.43. The van der Waals surface area contributed by atoms with Crippen molar-refractivity contribution in [2.24, 2.45) is 0 Å². The van der Waals surface area contributed by atoms with Crippen LogP contribution in [0.25, 0.3) is 11.0 Å². The lowest BCUT2D eigenvalue weighted by atomic mass is 10.0. The lowest BCUT2D eigenvalue weighted by molar-refractivity contribution is 0.0332. The minimum Gasteiger partial charge on any atom is -0.379 e. The quantitative estimate of drug-likeness (QED) is 0.730. The van der Waals surface area contributed by atoms with E-state index in [1.165, 1.54) is 5.56 Å². The van der Waals surface area contributed by atoms with Gasteiger partial charge in [0.25, 0.3) is 5.91 Å². The normalized spacial score (nSPS) is 16.3. The number of carbonyl (C=O) groups excluding carboxylic acids is 1. The van der Waals surface area contributed by atoms with Crippen molar-refractivity contribution in [3.63, 3.8) is 0 Å².